The molecule has 1 heterocycles. The zero-order valence-electron chi connectivity index (χ0n) is 14.7. The lowest BCUT2D eigenvalue weighted by molar-refractivity contribution is -0.133. The van der Waals surface area contributed by atoms with Crippen LogP contribution in [0.3, 0.4) is 0 Å². The molecule has 4 heteroatoms. The lowest BCUT2D eigenvalue weighted by atomic mass is 9.81. The van der Waals surface area contributed by atoms with E-state index in [2.05, 4.69) is 0 Å². The Hall–Kier alpha value is -1.71. The number of nitrogens with zero attached hydrogens (tertiary/aromatic N) is 1. The summed E-state index contributed by atoms with van der Waals surface area (Å²) >= 11 is 0. The number of ketones is 2. The summed E-state index contributed by atoms with van der Waals surface area (Å²) in [6, 6.07) is 0. The maximum atomic E-state index is 12.5. The molecule has 0 radical (unpaired) electrons. The fourth-order valence-corrected chi connectivity index (χ4v) is 3.39. The molecule has 0 aromatic carbocycles. The highest BCUT2D eigenvalue weighted by molar-refractivity contribution is 6.24. The van der Waals surface area contributed by atoms with Gasteiger partial charge in [-0.05, 0) is 52.4 Å². The van der Waals surface area contributed by atoms with Gasteiger partial charge in [-0.3, -0.25) is 14.4 Å². The fraction of sp³-hybridized carbons (Fsp3) is 0.632. The minimum atomic E-state index is -0.0355. The molecular weight excluding hydrogens is 290 g/mol. The van der Waals surface area contributed by atoms with Crippen molar-refractivity contribution in [3.05, 3.63) is 22.3 Å². The molecular formula is C19H27NO3. The van der Waals surface area contributed by atoms with Gasteiger partial charge in [0.05, 0.1) is 0 Å². The van der Waals surface area contributed by atoms with Gasteiger partial charge in [-0.1, -0.05) is 6.92 Å². The highest BCUT2D eigenvalue weighted by atomic mass is 16.2. The number of amides is 1. The first-order valence-corrected chi connectivity index (χ1v) is 8.57. The minimum absolute atomic E-state index is 0.0307. The van der Waals surface area contributed by atoms with E-state index in [1.165, 1.54) is 6.42 Å². The SMILES string of the molecule is CC1=C(C)C(=O)C(CC(C)CC(=O)N2CCCCC2)=C(C)C1=O. The normalized spacial score (nSPS) is 21.1. The van der Waals surface area contributed by atoms with Crippen LogP contribution in [0.1, 0.15) is 59.8 Å². The molecule has 0 aromatic heterocycles. The van der Waals surface area contributed by atoms with Crippen LogP contribution in [0.4, 0.5) is 0 Å². The summed E-state index contributed by atoms with van der Waals surface area (Å²) in [4.78, 5) is 38.9. The van der Waals surface area contributed by atoms with E-state index in [9.17, 15) is 14.4 Å². The Morgan fingerprint density at radius 2 is 1.52 bits per heavy atom. The first kappa shape index (κ1) is 17.6. The first-order chi connectivity index (χ1) is 10.8. The van der Waals surface area contributed by atoms with Crippen LogP contribution in [0.15, 0.2) is 22.3 Å². The minimum Gasteiger partial charge on any atom is -0.343 e. The van der Waals surface area contributed by atoms with Crippen LogP contribution >= 0.6 is 0 Å². The zero-order chi connectivity index (χ0) is 17.1. The molecule has 1 aliphatic heterocycles. The van der Waals surface area contributed by atoms with E-state index in [1.54, 1.807) is 20.8 Å². The van der Waals surface area contributed by atoms with Crippen molar-refractivity contribution in [1.82, 2.24) is 4.90 Å². The largest absolute Gasteiger partial charge is 0.343 e. The molecule has 1 unspecified atom stereocenters. The summed E-state index contributed by atoms with van der Waals surface area (Å²) in [7, 11) is 0. The molecule has 23 heavy (non-hydrogen) atoms. The maximum absolute atomic E-state index is 12.5. The number of Topliss-reactive ketones (excluding diaryl/α,β-unsaturated/α-hetero) is 2. The molecule has 4 nitrogen and oxygen atoms in total. The Kier molecular flexibility index (Phi) is 5.55. The second-order valence-corrected chi connectivity index (χ2v) is 6.97. The first-order valence-electron chi connectivity index (χ1n) is 8.57. The molecule has 126 valence electrons. The third-order valence-electron chi connectivity index (χ3n) is 5.10. The second kappa shape index (κ2) is 7.24. The van der Waals surface area contributed by atoms with E-state index < -0.39 is 0 Å². The predicted molar refractivity (Wildman–Crippen MR) is 89.9 cm³/mol. The van der Waals surface area contributed by atoms with Crippen molar-refractivity contribution in [2.24, 2.45) is 5.92 Å². The van der Waals surface area contributed by atoms with E-state index in [1.807, 2.05) is 11.8 Å². The number of carbonyl (C=O) groups is 3. The Morgan fingerprint density at radius 1 is 0.957 bits per heavy atom. The lowest BCUT2D eigenvalue weighted by Gasteiger charge is -2.28. The van der Waals surface area contributed by atoms with Crippen molar-refractivity contribution in [1.29, 1.82) is 0 Å². The van der Waals surface area contributed by atoms with Crippen LogP contribution in [0.2, 0.25) is 0 Å². The summed E-state index contributed by atoms with van der Waals surface area (Å²) in [6.45, 7) is 8.84. The lowest BCUT2D eigenvalue weighted by Crippen LogP contribution is -2.36. The molecule has 1 amide bonds. The van der Waals surface area contributed by atoms with E-state index in [-0.39, 0.29) is 23.4 Å². The van der Waals surface area contributed by atoms with Crippen LogP contribution in [-0.2, 0) is 14.4 Å². The average molecular weight is 317 g/mol. The van der Waals surface area contributed by atoms with Crippen molar-refractivity contribution < 1.29 is 14.4 Å². The average Bonchev–Trinajstić information content (AvgIpc) is 2.56. The number of carbonyl (C=O) groups excluding carboxylic acids is 3. The number of allylic oxidation sites excluding steroid dienone is 4. The van der Waals surface area contributed by atoms with Gasteiger partial charge < -0.3 is 4.90 Å². The van der Waals surface area contributed by atoms with Gasteiger partial charge in [-0.15, -0.1) is 0 Å². The molecule has 1 saturated heterocycles. The Labute approximate surface area is 138 Å². The van der Waals surface area contributed by atoms with Crippen LogP contribution in [0.25, 0.3) is 0 Å². The zero-order valence-corrected chi connectivity index (χ0v) is 14.7. The highest BCUT2D eigenvalue weighted by Gasteiger charge is 2.29. The predicted octanol–water partition coefficient (Wildman–Crippen LogP) is 3.22. The smallest absolute Gasteiger partial charge is 0.222 e. The van der Waals surface area contributed by atoms with Crippen molar-refractivity contribution >= 4 is 17.5 Å². The van der Waals surface area contributed by atoms with Crippen molar-refractivity contribution in [3.63, 3.8) is 0 Å². The summed E-state index contributed by atoms with van der Waals surface area (Å²) < 4.78 is 0. The molecule has 2 aliphatic rings. The number of rotatable bonds is 4. The molecule has 2 rings (SSSR count). The van der Waals surface area contributed by atoms with E-state index in [0.717, 1.165) is 25.9 Å². The molecule has 0 saturated carbocycles. The summed E-state index contributed by atoms with van der Waals surface area (Å²) in [5, 5.41) is 0. The number of piperidine rings is 1. The van der Waals surface area contributed by atoms with Crippen LogP contribution < -0.4 is 0 Å². The van der Waals surface area contributed by atoms with Crippen molar-refractivity contribution in [2.45, 2.75) is 59.8 Å². The van der Waals surface area contributed by atoms with Gasteiger partial charge in [0.25, 0.3) is 0 Å². The molecule has 1 atom stereocenters. The van der Waals surface area contributed by atoms with Crippen molar-refractivity contribution in [3.8, 4) is 0 Å². The van der Waals surface area contributed by atoms with Gasteiger partial charge in [-0.2, -0.15) is 0 Å². The second-order valence-electron chi connectivity index (χ2n) is 6.97. The number of hydrogen-bond donors (Lipinski definition) is 0. The summed E-state index contributed by atoms with van der Waals surface area (Å²) in [5.74, 6) is 0.175. The van der Waals surface area contributed by atoms with Crippen LogP contribution in [0, 0.1) is 5.92 Å². The molecule has 1 aliphatic carbocycles. The van der Waals surface area contributed by atoms with Crippen LogP contribution in [-0.4, -0.2) is 35.5 Å². The highest BCUT2D eigenvalue weighted by Crippen LogP contribution is 2.29. The third kappa shape index (κ3) is 3.80. The van der Waals surface area contributed by atoms with Gasteiger partial charge in [0.15, 0.2) is 11.6 Å². The van der Waals surface area contributed by atoms with E-state index >= 15 is 0 Å². The third-order valence-corrected chi connectivity index (χ3v) is 5.10. The molecule has 0 aromatic rings. The van der Waals surface area contributed by atoms with E-state index in [0.29, 0.717) is 35.1 Å². The number of likely N-dealkylation sites (tertiary alicyclic amines) is 1. The maximum Gasteiger partial charge on any atom is 0.222 e. The standard InChI is InChI=1S/C19H27NO3/c1-12(11-17(21)20-8-6-5-7-9-20)10-16-15(4)18(22)13(2)14(3)19(16)23/h12H,5-11H2,1-4H3. The Morgan fingerprint density at radius 3 is 2.13 bits per heavy atom. The van der Waals surface area contributed by atoms with Gasteiger partial charge >= 0.3 is 0 Å². The Bertz CT molecular complexity index is 592. The molecule has 1 fully saturated rings. The number of hydrogen-bond acceptors (Lipinski definition) is 3. The van der Waals surface area contributed by atoms with E-state index in [4.69, 9.17) is 0 Å². The quantitative estimate of drug-likeness (QED) is 0.748. The summed E-state index contributed by atoms with van der Waals surface area (Å²) in [6.07, 6.45) is 4.31. The molecule has 0 N–H and O–H groups in total. The Balaban J connectivity index is 2.02. The monoisotopic (exact) mass is 317 g/mol. The van der Waals surface area contributed by atoms with Crippen LogP contribution in [0.5, 0.6) is 0 Å². The van der Waals surface area contributed by atoms with Gasteiger partial charge in [-0.25, -0.2) is 0 Å². The van der Waals surface area contributed by atoms with Gasteiger partial charge in [0.1, 0.15) is 0 Å². The van der Waals surface area contributed by atoms with Gasteiger partial charge in [0, 0.05) is 41.8 Å². The molecule has 0 bridgehead atoms. The van der Waals surface area contributed by atoms with Gasteiger partial charge in [0.2, 0.25) is 5.91 Å². The fourth-order valence-electron chi connectivity index (χ4n) is 3.39. The van der Waals surface area contributed by atoms with Crippen molar-refractivity contribution in [2.75, 3.05) is 13.1 Å². The molecule has 0 spiro atoms. The summed E-state index contributed by atoms with van der Waals surface area (Å²) in [5.41, 5.74) is 2.24. The topological polar surface area (TPSA) is 54.5 Å².